The van der Waals surface area contributed by atoms with Crippen LogP contribution in [0.4, 0.5) is 0 Å². The van der Waals surface area contributed by atoms with Gasteiger partial charge in [-0.1, -0.05) is 42.5 Å². The lowest BCUT2D eigenvalue weighted by Gasteiger charge is -2.23. The standard InChI is InChI=1S/C19H23O6P/c1-4-23-26(21,24-5-2)25-19(16-11-13-17(22-3)14-12-16)18(20)15-9-7-6-8-10-15/h6-14,19H,4-5H2,1-3H3. The maximum atomic E-state index is 13.0. The third-order valence-electron chi connectivity index (χ3n) is 3.52. The average Bonchev–Trinajstić information content (AvgIpc) is 2.67. The van der Waals surface area contributed by atoms with E-state index in [9.17, 15) is 9.36 Å². The largest absolute Gasteiger partial charge is 0.497 e. The first-order valence-electron chi connectivity index (χ1n) is 8.33. The summed E-state index contributed by atoms with van der Waals surface area (Å²) >= 11 is 0. The van der Waals surface area contributed by atoms with Gasteiger partial charge in [-0.2, -0.15) is 0 Å². The van der Waals surface area contributed by atoms with Crippen molar-refractivity contribution in [3.8, 4) is 5.75 Å². The number of ketones is 1. The lowest BCUT2D eigenvalue weighted by atomic mass is 10.00. The molecule has 2 rings (SSSR count). The molecular weight excluding hydrogens is 355 g/mol. The topological polar surface area (TPSA) is 71.1 Å². The molecule has 0 aromatic heterocycles. The van der Waals surface area contributed by atoms with Crippen molar-refractivity contribution in [2.45, 2.75) is 20.0 Å². The van der Waals surface area contributed by atoms with Gasteiger partial charge in [0.1, 0.15) is 5.75 Å². The Kier molecular flexibility index (Phi) is 7.54. The van der Waals surface area contributed by atoms with Crippen LogP contribution in [0.5, 0.6) is 5.75 Å². The zero-order chi connectivity index (χ0) is 19.0. The van der Waals surface area contributed by atoms with Gasteiger partial charge in [-0.05, 0) is 31.5 Å². The monoisotopic (exact) mass is 378 g/mol. The smallest absolute Gasteiger partial charge is 0.475 e. The third kappa shape index (κ3) is 5.26. The van der Waals surface area contributed by atoms with E-state index in [2.05, 4.69) is 0 Å². The molecule has 0 N–H and O–H groups in total. The van der Waals surface area contributed by atoms with Crippen LogP contribution in [0.15, 0.2) is 54.6 Å². The normalized spacial score (nSPS) is 12.6. The van der Waals surface area contributed by atoms with Crippen molar-refractivity contribution in [2.24, 2.45) is 0 Å². The van der Waals surface area contributed by atoms with E-state index in [1.54, 1.807) is 69.5 Å². The summed E-state index contributed by atoms with van der Waals surface area (Å²) in [6.07, 6.45) is -1.13. The Morgan fingerprint density at radius 2 is 1.54 bits per heavy atom. The highest BCUT2D eigenvalue weighted by molar-refractivity contribution is 7.48. The fraction of sp³-hybridized carbons (Fsp3) is 0.316. The van der Waals surface area contributed by atoms with Gasteiger partial charge in [0.2, 0.25) is 0 Å². The minimum absolute atomic E-state index is 0.131. The van der Waals surface area contributed by atoms with Crippen molar-refractivity contribution in [3.05, 3.63) is 65.7 Å². The number of carbonyl (C=O) groups excluding carboxylic acids is 1. The first-order chi connectivity index (χ1) is 12.5. The molecule has 0 aliphatic heterocycles. The van der Waals surface area contributed by atoms with E-state index in [0.29, 0.717) is 16.9 Å². The first-order valence-corrected chi connectivity index (χ1v) is 9.79. The lowest BCUT2D eigenvalue weighted by molar-refractivity contribution is 0.0594. The van der Waals surface area contributed by atoms with Crippen molar-refractivity contribution < 1.29 is 27.7 Å². The number of carbonyl (C=O) groups is 1. The van der Waals surface area contributed by atoms with Crippen molar-refractivity contribution in [2.75, 3.05) is 20.3 Å². The maximum absolute atomic E-state index is 13.0. The van der Waals surface area contributed by atoms with Gasteiger partial charge in [-0.3, -0.25) is 18.4 Å². The van der Waals surface area contributed by atoms with Crippen LogP contribution in [0.3, 0.4) is 0 Å². The highest BCUT2D eigenvalue weighted by Gasteiger charge is 2.35. The van der Waals surface area contributed by atoms with Gasteiger partial charge in [-0.15, -0.1) is 0 Å². The zero-order valence-electron chi connectivity index (χ0n) is 15.1. The van der Waals surface area contributed by atoms with Gasteiger partial charge in [0.05, 0.1) is 20.3 Å². The van der Waals surface area contributed by atoms with Crippen LogP contribution in [0.2, 0.25) is 0 Å². The average molecular weight is 378 g/mol. The van der Waals surface area contributed by atoms with E-state index in [4.69, 9.17) is 18.3 Å². The molecule has 1 unspecified atom stereocenters. The van der Waals surface area contributed by atoms with Crippen molar-refractivity contribution in [3.63, 3.8) is 0 Å². The zero-order valence-corrected chi connectivity index (χ0v) is 16.0. The number of phosphoric ester groups is 1. The van der Waals surface area contributed by atoms with Gasteiger partial charge in [0, 0.05) is 5.56 Å². The van der Waals surface area contributed by atoms with Crippen LogP contribution >= 0.6 is 7.82 Å². The van der Waals surface area contributed by atoms with Gasteiger partial charge in [-0.25, -0.2) is 4.57 Å². The van der Waals surface area contributed by atoms with E-state index in [-0.39, 0.29) is 19.0 Å². The van der Waals surface area contributed by atoms with Crippen LogP contribution in [-0.2, 0) is 18.1 Å². The highest BCUT2D eigenvalue weighted by atomic mass is 31.2. The van der Waals surface area contributed by atoms with Crippen LogP contribution in [-0.4, -0.2) is 26.1 Å². The SMILES string of the molecule is CCOP(=O)(OCC)OC(C(=O)c1ccccc1)c1ccc(OC)cc1. The summed E-state index contributed by atoms with van der Waals surface area (Å²) in [6.45, 7) is 3.62. The Balaban J connectivity index is 2.40. The Bertz CT molecular complexity index is 734. The fourth-order valence-corrected chi connectivity index (χ4v) is 3.64. The van der Waals surface area contributed by atoms with Gasteiger partial charge < -0.3 is 4.74 Å². The molecule has 2 aromatic rings. The second-order valence-electron chi connectivity index (χ2n) is 5.27. The van der Waals surface area contributed by atoms with E-state index < -0.39 is 13.9 Å². The number of benzene rings is 2. The van der Waals surface area contributed by atoms with E-state index >= 15 is 0 Å². The second-order valence-corrected chi connectivity index (χ2v) is 6.89. The molecule has 0 heterocycles. The summed E-state index contributed by atoms with van der Waals surface area (Å²) in [5, 5.41) is 0. The van der Waals surface area contributed by atoms with Crippen LogP contribution in [0, 0.1) is 0 Å². The molecule has 0 aliphatic rings. The fourth-order valence-electron chi connectivity index (χ4n) is 2.34. The Morgan fingerprint density at radius 3 is 2.04 bits per heavy atom. The summed E-state index contributed by atoms with van der Waals surface area (Å²) in [7, 11) is -2.33. The Labute approximate surface area is 153 Å². The molecule has 0 spiro atoms. The van der Waals surface area contributed by atoms with Gasteiger partial charge in [0.15, 0.2) is 11.9 Å². The number of ether oxygens (including phenoxy) is 1. The molecule has 0 saturated carbocycles. The van der Waals surface area contributed by atoms with E-state index in [1.165, 1.54) is 0 Å². The van der Waals surface area contributed by atoms with Crippen LogP contribution < -0.4 is 4.74 Å². The number of phosphoric acid groups is 1. The molecule has 26 heavy (non-hydrogen) atoms. The molecular formula is C19H23O6P. The predicted molar refractivity (Wildman–Crippen MR) is 98.5 cm³/mol. The summed E-state index contributed by atoms with van der Waals surface area (Å²) in [4.78, 5) is 13.0. The van der Waals surface area contributed by atoms with Crippen molar-refractivity contribution >= 4 is 13.6 Å². The van der Waals surface area contributed by atoms with Crippen LogP contribution in [0.1, 0.15) is 35.9 Å². The van der Waals surface area contributed by atoms with Crippen molar-refractivity contribution in [1.29, 1.82) is 0 Å². The summed E-state index contributed by atoms with van der Waals surface area (Å²) in [6, 6.07) is 15.5. The molecule has 0 radical (unpaired) electrons. The van der Waals surface area contributed by atoms with E-state index in [1.807, 2.05) is 6.07 Å². The molecule has 0 bridgehead atoms. The molecule has 140 valence electrons. The van der Waals surface area contributed by atoms with Crippen LogP contribution in [0.25, 0.3) is 0 Å². The number of Topliss-reactive ketones (excluding diaryl/α,β-unsaturated/α-hetero) is 1. The number of hydrogen-bond donors (Lipinski definition) is 0. The molecule has 2 aromatic carbocycles. The minimum Gasteiger partial charge on any atom is -0.497 e. The second kappa shape index (κ2) is 9.64. The quantitative estimate of drug-likeness (QED) is 0.436. The third-order valence-corrected chi connectivity index (χ3v) is 5.14. The molecule has 0 saturated heterocycles. The van der Waals surface area contributed by atoms with Crippen molar-refractivity contribution in [1.82, 2.24) is 0 Å². The van der Waals surface area contributed by atoms with Gasteiger partial charge >= 0.3 is 7.82 Å². The summed E-state index contributed by atoms with van der Waals surface area (Å²) < 4.78 is 33.9. The Hall–Kier alpha value is -1.98. The minimum atomic E-state index is -3.89. The molecule has 0 aliphatic carbocycles. The summed E-state index contributed by atoms with van der Waals surface area (Å²) in [5.74, 6) is 0.299. The summed E-state index contributed by atoms with van der Waals surface area (Å²) in [5.41, 5.74) is 0.965. The highest BCUT2D eigenvalue weighted by Crippen LogP contribution is 2.53. The van der Waals surface area contributed by atoms with Gasteiger partial charge in [0.25, 0.3) is 0 Å². The van der Waals surface area contributed by atoms with E-state index in [0.717, 1.165) is 0 Å². The lowest BCUT2D eigenvalue weighted by Crippen LogP contribution is -2.17. The maximum Gasteiger partial charge on any atom is 0.475 e. The number of hydrogen-bond acceptors (Lipinski definition) is 6. The number of rotatable bonds is 10. The molecule has 7 heteroatoms. The molecule has 1 atom stereocenters. The Morgan fingerprint density at radius 1 is 0.962 bits per heavy atom. The number of methoxy groups -OCH3 is 1. The first kappa shape index (κ1) is 20.3. The molecule has 0 amide bonds. The molecule has 0 fully saturated rings. The molecule has 6 nitrogen and oxygen atoms in total. The predicted octanol–water partition coefficient (Wildman–Crippen LogP) is 4.82.